The highest BCUT2D eigenvalue weighted by Crippen LogP contribution is 2.13. The maximum atomic E-state index is 12.6. The van der Waals surface area contributed by atoms with Gasteiger partial charge in [0.2, 0.25) is 0 Å². The van der Waals surface area contributed by atoms with Gasteiger partial charge in [-0.3, -0.25) is 4.79 Å². The fourth-order valence-corrected chi connectivity index (χ4v) is 1.21. The summed E-state index contributed by atoms with van der Waals surface area (Å²) in [4.78, 5) is 10.8. The summed E-state index contributed by atoms with van der Waals surface area (Å²) >= 11 is 0. The first-order valence-electron chi connectivity index (χ1n) is 4.36. The van der Waals surface area contributed by atoms with Crippen LogP contribution in [0.2, 0.25) is 0 Å². The van der Waals surface area contributed by atoms with E-state index in [9.17, 15) is 9.18 Å². The Morgan fingerprint density at radius 2 is 2.07 bits per heavy atom. The number of hydrogen-bond acceptors (Lipinski definition) is 2. The number of likely N-dealkylation sites (N-methyl/N-ethyl adjacent to an activating group) is 1. The van der Waals surface area contributed by atoms with Crippen molar-refractivity contribution in [2.45, 2.75) is 13.0 Å². The second kappa shape index (κ2) is 4.72. The van der Waals surface area contributed by atoms with Gasteiger partial charge >= 0.3 is 5.97 Å². The van der Waals surface area contributed by atoms with Crippen LogP contribution in [0.15, 0.2) is 24.3 Å². The molecule has 1 aromatic rings. The summed E-state index contributed by atoms with van der Waals surface area (Å²) in [6.45, 7) is 2.37. The molecule has 0 saturated carbocycles. The van der Waals surface area contributed by atoms with Gasteiger partial charge in [-0.1, -0.05) is 19.1 Å². The second-order valence-electron chi connectivity index (χ2n) is 2.88. The van der Waals surface area contributed by atoms with Gasteiger partial charge in [0.25, 0.3) is 0 Å². The quantitative estimate of drug-likeness (QED) is 0.770. The molecule has 0 heterocycles. The fraction of sp³-hybridized carbons (Fsp3) is 0.300. The molecule has 4 heteroatoms. The Morgan fingerprint density at radius 3 is 2.50 bits per heavy atom. The Kier molecular flexibility index (Phi) is 3.59. The Hall–Kier alpha value is -1.42. The van der Waals surface area contributed by atoms with Crippen molar-refractivity contribution >= 4 is 5.97 Å². The minimum absolute atomic E-state index is 0.366. The van der Waals surface area contributed by atoms with Crippen LogP contribution in [0, 0.1) is 5.82 Å². The fourth-order valence-electron chi connectivity index (χ4n) is 1.21. The van der Waals surface area contributed by atoms with Gasteiger partial charge in [-0.15, -0.1) is 0 Å². The van der Waals surface area contributed by atoms with E-state index in [1.54, 1.807) is 0 Å². The molecule has 0 aliphatic heterocycles. The third-order valence-electron chi connectivity index (χ3n) is 1.86. The standard InChI is InChI=1S/C10H12FNO2/c1-2-12-9(10(13)14)7-3-5-8(11)6-4-7/h3-6,9,12H,2H2,1H3,(H,13,14). The highest BCUT2D eigenvalue weighted by molar-refractivity contribution is 5.75. The van der Waals surface area contributed by atoms with Crippen molar-refractivity contribution in [2.75, 3.05) is 6.54 Å². The summed E-state index contributed by atoms with van der Waals surface area (Å²) in [5.41, 5.74) is 0.556. The molecule has 2 N–H and O–H groups in total. The molecule has 0 aliphatic carbocycles. The lowest BCUT2D eigenvalue weighted by atomic mass is 10.1. The van der Waals surface area contributed by atoms with Crippen molar-refractivity contribution in [1.29, 1.82) is 0 Å². The van der Waals surface area contributed by atoms with E-state index in [1.807, 2.05) is 6.92 Å². The molecule has 0 radical (unpaired) electrons. The molecule has 0 aromatic heterocycles. The van der Waals surface area contributed by atoms with E-state index < -0.39 is 12.0 Å². The Bertz CT molecular complexity index is 310. The zero-order valence-electron chi connectivity index (χ0n) is 7.83. The van der Waals surface area contributed by atoms with Crippen LogP contribution in [0.25, 0.3) is 0 Å². The van der Waals surface area contributed by atoms with Crippen molar-refractivity contribution in [2.24, 2.45) is 0 Å². The predicted molar refractivity (Wildman–Crippen MR) is 50.5 cm³/mol. The smallest absolute Gasteiger partial charge is 0.325 e. The highest BCUT2D eigenvalue weighted by Gasteiger charge is 2.17. The van der Waals surface area contributed by atoms with Crippen molar-refractivity contribution in [3.05, 3.63) is 35.6 Å². The lowest BCUT2D eigenvalue weighted by molar-refractivity contribution is -0.139. The molecule has 0 bridgehead atoms. The number of aliphatic carboxylic acids is 1. The van der Waals surface area contributed by atoms with E-state index in [2.05, 4.69) is 5.32 Å². The van der Waals surface area contributed by atoms with Crippen LogP contribution in [0.3, 0.4) is 0 Å². The monoisotopic (exact) mass is 197 g/mol. The molecule has 1 aromatic carbocycles. The van der Waals surface area contributed by atoms with Crippen LogP contribution >= 0.6 is 0 Å². The predicted octanol–water partition coefficient (Wildman–Crippen LogP) is 1.56. The number of benzene rings is 1. The number of carboxylic acids is 1. The summed E-state index contributed by atoms with van der Waals surface area (Å²) in [7, 11) is 0. The summed E-state index contributed by atoms with van der Waals surface area (Å²) in [5, 5.41) is 11.7. The van der Waals surface area contributed by atoms with Crippen LogP contribution in [0.5, 0.6) is 0 Å². The summed E-state index contributed by atoms with van der Waals surface area (Å²) in [6, 6.07) is 4.68. The molecule has 0 spiro atoms. The maximum Gasteiger partial charge on any atom is 0.325 e. The summed E-state index contributed by atoms with van der Waals surface area (Å²) in [6.07, 6.45) is 0. The summed E-state index contributed by atoms with van der Waals surface area (Å²) < 4.78 is 12.6. The number of hydrogen-bond donors (Lipinski definition) is 2. The van der Waals surface area contributed by atoms with E-state index in [0.29, 0.717) is 12.1 Å². The number of nitrogens with one attached hydrogen (secondary N) is 1. The molecule has 0 aliphatic rings. The number of rotatable bonds is 4. The van der Waals surface area contributed by atoms with E-state index in [-0.39, 0.29) is 5.82 Å². The van der Waals surface area contributed by atoms with Gasteiger partial charge in [-0.05, 0) is 24.2 Å². The molecule has 0 saturated heterocycles. The van der Waals surface area contributed by atoms with Crippen LogP contribution in [0.1, 0.15) is 18.5 Å². The molecule has 1 rings (SSSR count). The average Bonchev–Trinajstić information content (AvgIpc) is 2.15. The molecular weight excluding hydrogens is 185 g/mol. The first-order valence-corrected chi connectivity index (χ1v) is 4.36. The maximum absolute atomic E-state index is 12.6. The van der Waals surface area contributed by atoms with Crippen LogP contribution in [-0.4, -0.2) is 17.6 Å². The molecule has 76 valence electrons. The van der Waals surface area contributed by atoms with Crippen molar-refractivity contribution in [3.8, 4) is 0 Å². The van der Waals surface area contributed by atoms with E-state index in [4.69, 9.17) is 5.11 Å². The largest absolute Gasteiger partial charge is 0.480 e. The third kappa shape index (κ3) is 2.53. The van der Waals surface area contributed by atoms with Gasteiger partial charge in [0, 0.05) is 0 Å². The van der Waals surface area contributed by atoms with Gasteiger partial charge in [-0.2, -0.15) is 0 Å². The Balaban J connectivity index is 2.87. The number of carboxylic acid groups (broad SMARTS) is 1. The van der Waals surface area contributed by atoms with Crippen LogP contribution in [-0.2, 0) is 4.79 Å². The van der Waals surface area contributed by atoms with Crippen LogP contribution in [0.4, 0.5) is 4.39 Å². The first kappa shape index (κ1) is 10.7. The zero-order valence-corrected chi connectivity index (χ0v) is 7.83. The van der Waals surface area contributed by atoms with Gasteiger partial charge in [0.1, 0.15) is 11.9 Å². The average molecular weight is 197 g/mol. The first-order chi connectivity index (χ1) is 6.65. The molecule has 1 atom stereocenters. The molecule has 1 unspecified atom stereocenters. The van der Waals surface area contributed by atoms with Gasteiger partial charge in [0.05, 0.1) is 0 Å². The van der Waals surface area contributed by atoms with Crippen LogP contribution < -0.4 is 5.32 Å². The van der Waals surface area contributed by atoms with Gasteiger partial charge in [-0.25, -0.2) is 4.39 Å². The normalized spacial score (nSPS) is 12.4. The molecule has 0 amide bonds. The number of carbonyl (C=O) groups is 1. The van der Waals surface area contributed by atoms with E-state index in [0.717, 1.165) is 0 Å². The topological polar surface area (TPSA) is 49.3 Å². The highest BCUT2D eigenvalue weighted by atomic mass is 19.1. The minimum atomic E-state index is -0.960. The minimum Gasteiger partial charge on any atom is -0.480 e. The molecular formula is C10H12FNO2. The lowest BCUT2D eigenvalue weighted by Crippen LogP contribution is -2.28. The molecule has 0 fully saturated rings. The SMILES string of the molecule is CCNC(C(=O)O)c1ccc(F)cc1. The zero-order chi connectivity index (χ0) is 10.6. The summed E-state index contributed by atoms with van der Waals surface area (Å²) in [5.74, 6) is -1.33. The second-order valence-corrected chi connectivity index (χ2v) is 2.88. The van der Waals surface area contributed by atoms with E-state index >= 15 is 0 Å². The number of halogens is 1. The molecule has 14 heavy (non-hydrogen) atoms. The van der Waals surface area contributed by atoms with Crippen molar-refractivity contribution in [1.82, 2.24) is 5.32 Å². The van der Waals surface area contributed by atoms with Gasteiger partial charge < -0.3 is 10.4 Å². The lowest BCUT2D eigenvalue weighted by Gasteiger charge is -2.12. The third-order valence-corrected chi connectivity index (χ3v) is 1.86. The Labute approximate surface area is 81.6 Å². The van der Waals surface area contributed by atoms with Crippen molar-refractivity contribution < 1.29 is 14.3 Å². The van der Waals surface area contributed by atoms with Gasteiger partial charge in [0.15, 0.2) is 0 Å². The Morgan fingerprint density at radius 1 is 1.50 bits per heavy atom. The van der Waals surface area contributed by atoms with E-state index in [1.165, 1.54) is 24.3 Å². The molecule has 3 nitrogen and oxygen atoms in total. The van der Waals surface area contributed by atoms with Crippen molar-refractivity contribution in [3.63, 3.8) is 0 Å².